The van der Waals surface area contributed by atoms with Crippen molar-refractivity contribution in [2.24, 2.45) is 5.92 Å². The average Bonchev–Trinajstić information content (AvgIpc) is 2.95. The van der Waals surface area contributed by atoms with Crippen LogP contribution in [0.25, 0.3) is 0 Å². The number of aliphatic carboxylic acids is 1. The normalized spacial score (nSPS) is 22.5. The van der Waals surface area contributed by atoms with Crippen molar-refractivity contribution in [1.29, 1.82) is 0 Å². The summed E-state index contributed by atoms with van der Waals surface area (Å²) in [5, 5.41) is 20.8. The second-order valence-electron chi connectivity index (χ2n) is 4.53. The van der Waals surface area contributed by atoms with Crippen molar-refractivity contribution < 1.29 is 14.7 Å². The van der Waals surface area contributed by atoms with Crippen molar-refractivity contribution in [3.05, 3.63) is 5.01 Å². The van der Waals surface area contributed by atoms with Crippen LogP contribution >= 0.6 is 11.3 Å². The quantitative estimate of drug-likeness (QED) is 0.875. The summed E-state index contributed by atoms with van der Waals surface area (Å²) in [6.07, 6.45) is 1.45. The Hall–Kier alpha value is -1.70. The maximum atomic E-state index is 12.1. The van der Waals surface area contributed by atoms with E-state index < -0.39 is 18.0 Å². The van der Waals surface area contributed by atoms with E-state index in [0.717, 1.165) is 11.4 Å². The Morgan fingerprint density at radius 1 is 1.53 bits per heavy atom. The monoisotopic (exact) mass is 284 g/mol. The minimum absolute atomic E-state index is 0.0381. The fraction of sp³-hybridized carbons (Fsp3) is 0.636. The predicted octanol–water partition coefficient (Wildman–Crippen LogP) is 1.43. The van der Waals surface area contributed by atoms with Crippen LogP contribution in [-0.4, -0.2) is 44.8 Å². The van der Waals surface area contributed by atoms with Crippen LogP contribution in [0.3, 0.4) is 0 Å². The van der Waals surface area contributed by atoms with Crippen molar-refractivity contribution >= 4 is 28.5 Å². The smallest absolute Gasteiger partial charge is 0.326 e. The Kier molecular flexibility index (Phi) is 3.98. The summed E-state index contributed by atoms with van der Waals surface area (Å²) >= 11 is 1.30. The Morgan fingerprint density at radius 2 is 2.26 bits per heavy atom. The third kappa shape index (κ3) is 2.83. The molecule has 2 N–H and O–H groups in total. The third-order valence-corrected chi connectivity index (χ3v) is 4.18. The number of rotatable bonds is 3. The van der Waals surface area contributed by atoms with Gasteiger partial charge in [0.1, 0.15) is 11.0 Å². The number of hydrogen-bond acceptors (Lipinski definition) is 5. The molecule has 1 fully saturated rings. The predicted molar refractivity (Wildman–Crippen MR) is 70.2 cm³/mol. The third-order valence-electron chi connectivity index (χ3n) is 3.20. The number of aromatic nitrogens is 2. The van der Waals surface area contributed by atoms with Crippen LogP contribution in [0.1, 0.15) is 25.3 Å². The van der Waals surface area contributed by atoms with Gasteiger partial charge in [-0.05, 0) is 18.8 Å². The van der Waals surface area contributed by atoms with Gasteiger partial charge >= 0.3 is 12.0 Å². The summed E-state index contributed by atoms with van der Waals surface area (Å²) in [7, 11) is 0. The fourth-order valence-electron chi connectivity index (χ4n) is 2.16. The number of aryl methyl sites for hydroxylation is 1. The van der Waals surface area contributed by atoms with Crippen LogP contribution in [0.4, 0.5) is 9.93 Å². The SMILES string of the molecule is CCc1nnc(NC(=O)N2CCC(C)C2C(=O)O)s1. The Balaban J connectivity index is 2.05. The molecule has 0 aromatic carbocycles. The first-order valence-corrected chi connectivity index (χ1v) is 6.97. The summed E-state index contributed by atoms with van der Waals surface area (Å²) < 4.78 is 0. The number of amides is 2. The molecule has 0 bridgehead atoms. The number of carbonyl (C=O) groups excluding carboxylic acids is 1. The first kappa shape index (κ1) is 13.7. The minimum atomic E-state index is -0.966. The van der Waals surface area contributed by atoms with Gasteiger partial charge in [-0.3, -0.25) is 5.32 Å². The number of urea groups is 1. The zero-order valence-electron chi connectivity index (χ0n) is 10.8. The Labute approximate surface area is 114 Å². The Bertz CT molecular complexity index is 490. The van der Waals surface area contributed by atoms with E-state index in [1.165, 1.54) is 16.2 Å². The lowest BCUT2D eigenvalue weighted by atomic mass is 10.0. The lowest BCUT2D eigenvalue weighted by Crippen LogP contribution is -2.44. The maximum Gasteiger partial charge on any atom is 0.326 e. The number of carboxylic acid groups (broad SMARTS) is 1. The van der Waals surface area contributed by atoms with E-state index in [9.17, 15) is 9.59 Å². The zero-order valence-corrected chi connectivity index (χ0v) is 11.6. The van der Waals surface area contributed by atoms with E-state index in [2.05, 4.69) is 15.5 Å². The van der Waals surface area contributed by atoms with Gasteiger partial charge in [-0.2, -0.15) is 0 Å². The number of carbonyl (C=O) groups is 2. The minimum Gasteiger partial charge on any atom is -0.480 e. The molecule has 0 spiro atoms. The molecule has 0 saturated carbocycles. The number of likely N-dealkylation sites (tertiary alicyclic amines) is 1. The van der Waals surface area contributed by atoms with E-state index in [1.807, 2.05) is 13.8 Å². The number of carboxylic acids is 1. The molecule has 104 valence electrons. The van der Waals surface area contributed by atoms with Gasteiger partial charge in [0.05, 0.1) is 0 Å². The number of hydrogen-bond donors (Lipinski definition) is 2. The molecule has 1 aromatic heterocycles. The highest BCUT2D eigenvalue weighted by Crippen LogP contribution is 2.25. The van der Waals surface area contributed by atoms with Gasteiger partial charge in [-0.25, -0.2) is 9.59 Å². The summed E-state index contributed by atoms with van der Waals surface area (Å²) in [6.45, 7) is 4.24. The largest absolute Gasteiger partial charge is 0.480 e. The van der Waals surface area contributed by atoms with Crippen molar-refractivity contribution in [3.8, 4) is 0 Å². The van der Waals surface area contributed by atoms with Crippen LogP contribution in [-0.2, 0) is 11.2 Å². The molecule has 1 saturated heterocycles. The van der Waals surface area contributed by atoms with Crippen molar-refractivity contribution in [3.63, 3.8) is 0 Å². The maximum absolute atomic E-state index is 12.1. The van der Waals surface area contributed by atoms with Crippen molar-refractivity contribution in [1.82, 2.24) is 15.1 Å². The van der Waals surface area contributed by atoms with Crippen LogP contribution in [0, 0.1) is 5.92 Å². The van der Waals surface area contributed by atoms with Crippen molar-refractivity contribution in [2.75, 3.05) is 11.9 Å². The van der Waals surface area contributed by atoms with E-state index in [-0.39, 0.29) is 5.92 Å². The summed E-state index contributed by atoms with van der Waals surface area (Å²) in [4.78, 5) is 24.6. The molecule has 2 unspecified atom stereocenters. The molecule has 2 atom stereocenters. The molecule has 2 heterocycles. The van der Waals surface area contributed by atoms with Gasteiger partial charge < -0.3 is 10.0 Å². The van der Waals surface area contributed by atoms with Crippen LogP contribution < -0.4 is 5.32 Å². The Morgan fingerprint density at radius 3 is 2.84 bits per heavy atom. The fourth-order valence-corrected chi connectivity index (χ4v) is 2.83. The second kappa shape index (κ2) is 5.52. The van der Waals surface area contributed by atoms with E-state index in [4.69, 9.17) is 5.11 Å². The van der Waals surface area contributed by atoms with Gasteiger partial charge in [0.2, 0.25) is 5.13 Å². The average molecular weight is 284 g/mol. The lowest BCUT2D eigenvalue weighted by molar-refractivity contribution is -0.142. The highest BCUT2D eigenvalue weighted by molar-refractivity contribution is 7.15. The van der Waals surface area contributed by atoms with Gasteiger partial charge in [-0.15, -0.1) is 10.2 Å². The first-order chi connectivity index (χ1) is 9.02. The number of anilines is 1. The molecule has 2 rings (SSSR count). The first-order valence-electron chi connectivity index (χ1n) is 6.15. The topological polar surface area (TPSA) is 95.4 Å². The molecular formula is C11H16N4O3S. The molecule has 0 radical (unpaired) electrons. The van der Waals surface area contributed by atoms with Crippen LogP contribution in [0.2, 0.25) is 0 Å². The molecule has 1 aliphatic rings. The van der Waals surface area contributed by atoms with E-state index >= 15 is 0 Å². The summed E-state index contributed by atoms with van der Waals surface area (Å²) in [6, 6.07) is -1.19. The molecule has 1 aromatic rings. The second-order valence-corrected chi connectivity index (χ2v) is 5.59. The molecule has 0 aliphatic carbocycles. The van der Waals surface area contributed by atoms with Gasteiger partial charge in [0.15, 0.2) is 0 Å². The van der Waals surface area contributed by atoms with E-state index in [1.54, 1.807) is 0 Å². The van der Waals surface area contributed by atoms with Gasteiger partial charge in [-0.1, -0.05) is 25.2 Å². The highest BCUT2D eigenvalue weighted by atomic mass is 32.1. The summed E-state index contributed by atoms with van der Waals surface area (Å²) in [5.41, 5.74) is 0. The van der Waals surface area contributed by atoms with Crippen molar-refractivity contribution in [2.45, 2.75) is 32.7 Å². The molecule has 19 heavy (non-hydrogen) atoms. The number of nitrogens with one attached hydrogen (secondary N) is 1. The van der Waals surface area contributed by atoms with E-state index in [0.29, 0.717) is 18.1 Å². The summed E-state index contributed by atoms with van der Waals surface area (Å²) in [5.74, 6) is -1.00. The van der Waals surface area contributed by atoms with Gasteiger partial charge in [0, 0.05) is 6.54 Å². The molecule has 8 heteroatoms. The number of nitrogens with zero attached hydrogens (tertiary/aromatic N) is 3. The molecular weight excluding hydrogens is 268 g/mol. The van der Waals surface area contributed by atoms with Crippen LogP contribution in [0.5, 0.6) is 0 Å². The zero-order chi connectivity index (χ0) is 14.0. The van der Waals surface area contributed by atoms with Gasteiger partial charge in [0.25, 0.3) is 0 Å². The molecule has 2 amide bonds. The highest BCUT2D eigenvalue weighted by Gasteiger charge is 2.39. The molecule has 7 nitrogen and oxygen atoms in total. The molecule has 1 aliphatic heterocycles. The lowest BCUT2D eigenvalue weighted by Gasteiger charge is -2.22. The van der Waals surface area contributed by atoms with Crippen LogP contribution in [0.15, 0.2) is 0 Å². The standard InChI is InChI=1S/C11H16N4O3S/c1-3-7-13-14-10(19-7)12-11(18)15-5-4-6(2)8(15)9(16)17/h6,8H,3-5H2,1-2H3,(H,16,17)(H,12,14,18).